The number of nitrogens with zero attached hydrogens (tertiary/aromatic N) is 1. The van der Waals surface area contributed by atoms with Crippen molar-refractivity contribution in [1.82, 2.24) is 0 Å². The summed E-state index contributed by atoms with van der Waals surface area (Å²) in [5, 5.41) is 18.5. The van der Waals surface area contributed by atoms with Gasteiger partial charge in [-0.3, -0.25) is 0 Å². The zero-order chi connectivity index (χ0) is 11.4. The molecular weight excluding hydrogens is 258 g/mol. The van der Waals surface area contributed by atoms with E-state index in [4.69, 9.17) is 0 Å². The van der Waals surface area contributed by atoms with Crippen molar-refractivity contribution in [1.29, 1.82) is 0 Å². The third-order valence-corrected chi connectivity index (χ3v) is 2.65. The number of aliphatic hydroxyl groups excluding tert-OH is 2. The van der Waals surface area contributed by atoms with Crippen molar-refractivity contribution in [2.45, 2.75) is 19.6 Å². The fraction of sp³-hybridized carbons (Fsp3) is 0.455. The third kappa shape index (κ3) is 3.48. The van der Waals surface area contributed by atoms with E-state index in [0.717, 1.165) is 15.7 Å². The quantitative estimate of drug-likeness (QED) is 0.879. The summed E-state index contributed by atoms with van der Waals surface area (Å²) < 4.78 is 0.945. The molecule has 1 aromatic rings. The predicted octanol–water partition coefficient (Wildman–Crippen LogP) is 1.76. The minimum atomic E-state index is -0.384. The van der Waals surface area contributed by atoms with Gasteiger partial charge in [-0.15, -0.1) is 0 Å². The second kappa shape index (κ2) is 5.49. The molecule has 0 bridgehead atoms. The molecule has 0 saturated carbocycles. The van der Waals surface area contributed by atoms with E-state index in [-0.39, 0.29) is 12.7 Å². The van der Waals surface area contributed by atoms with Crippen molar-refractivity contribution >= 4 is 21.6 Å². The number of anilines is 1. The van der Waals surface area contributed by atoms with Crippen LogP contribution < -0.4 is 4.90 Å². The van der Waals surface area contributed by atoms with Gasteiger partial charge < -0.3 is 15.1 Å². The minimum Gasteiger partial charge on any atom is -0.392 e. The van der Waals surface area contributed by atoms with Crippen molar-refractivity contribution < 1.29 is 10.2 Å². The summed E-state index contributed by atoms with van der Waals surface area (Å²) in [4.78, 5) is 1.93. The summed E-state index contributed by atoms with van der Waals surface area (Å²) >= 11 is 3.36. The van der Waals surface area contributed by atoms with Crippen LogP contribution in [0.3, 0.4) is 0 Å². The maximum Gasteiger partial charge on any atom is 0.0702 e. The molecule has 0 spiro atoms. The maximum atomic E-state index is 9.29. The van der Waals surface area contributed by atoms with Crippen LogP contribution in [0.5, 0.6) is 0 Å². The van der Waals surface area contributed by atoms with Gasteiger partial charge >= 0.3 is 0 Å². The molecule has 1 unspecified atom stereocenters. The second-order valence-corrected chi connectivity index (χ2v) is 4.58. The molecule has 84 valence electrons. The summed E-state index contributed by atoms with van der Waals surface area (Å²) in [5.74, 6) is 0. The van der Waals surface area contributed by atoms with Gasteiger partial charge in [-0.2, -0.15) is 0 Å². The first-order valence-electron chi connectivity index (χ1n) is 4.83. The zero-order valence-corrected chi connectivity index (χ0v) is 10.5. The van der Waals surface area contributed by atoms with Crippen LogP contribution in [0, 0.1) is 0 Å². The minimum absolute atomic E-state index is 0.00107. The molecule has 0 fully saturated rings. The molecule has 0 aliphatic rings. The Hall–Kier alpha value is -0.580. The van der Waals surface area contributed by atoms with Crippen molar-refractivity contribution in [2.24, 2.45) is 0 Å². The largest absolute Gasteiger partial charge is 0.392 e. The van der Waals surface area contributed by atoms with Gasteiger partial charge in [0.05, 0.1) is 12.7 Å². The van der Waals surface area contributed by atoms with Crippen LogP contribution >= 0.6 is 15.9 Å². The van der Waals surface area contributed by atoms with Crippen molar-refractivity contribution in [2.75, 3.05) is 18.5 Å². The molecule has 0 amide bonds. The molecule has 2 N–H and O–H groups in total. The molecule has 1 aromatic carbocycles. The highest BCUT2D eigenvalue weighted by Crippen LogP contribution is 2.23. The molecule has 15 heavy (non-hydrogen) atoms. The summed E-state index contributed by atoms with van der Waals surface area (Å²) in [7, 11) is 1.90. The highest BCUT2D eigenvalue weighted by Gasteiger charge is 2.09. The number of aliphatic hydroxyl groups is 2. The van der Waals surface area contributed by atoms with Gasteiger partial charge in [-0.25, -0.2) is 0 Å². The van der Waals surface area contributed by atoms with Crippen LogP contribution in [0.15, 0.2) is 22.7 Å². The Kier molecular flexibility index (Phi) is 4.57. The van der Waals surface area contributed by atoms with Gasteiger partial charge in [0.15, 0.2) is 0 Å². The SMILES string of the molecule is CC(O)CN(C)c1ccc(Br)cc1CO. The van der Waals surface area contributed by atoms with Crippen LogP contribution in [0.25, 0.3) is 0 Å². The Morgan fingerprint density at radius 1 is 1.47 bits per heavy atom. The molecule has 1 atom stereocenters. The van der Waals surface area contributed by atoms with Crippen LogP contribution in [-0.4, -0.2) is 29.9 Å². The molecule has 0 saturated heterocycles. The van der Waals surface area contributed by atoms with E-state index in [1.165, 1.54) is 0 Å². The van der Waals surface area contributed by atoms with Crippen molar-refractivity contribution in [3.63, 3.8) is 0 Å². The summed E-state index contributed by atoms with van der Waals surface area (Å²) in [6.45, 7) is 2.29. The summed E-state index contributed by atoms with van der Waals surface area (Å²) in [6.07, 6.45) is -0.384. The smallest absolute Gasteiger partial charge is 0.0702 e. The van der Waals surface area contributed by atoms with Crippen molar-refractivity contribution in [3.8, 4) is 0 Å². The zero-order valence-electron chi connectivity index (χ0n) is 8.94. The molecule has 0 aromatic heterocycles. The van der Waals surface area contributed by atoms with Gasteiger partial charge in [-0.1, -0.05) is 15.9 Å². The number of benzene rings is 1. The fourth-order valence-corrected chi connectivity index (χ4v) is 1.96. The Morgan fingerprint density at radius 3 is 2.67 bits per heavy atom. The Balaban J connectivity index is 2.92. The average Bonchev–Trinajstić information content (AvgIpc) is 2.16. The number of hydrogen-bond donors (Lipinski definition) is 2. The van der Waals surface area contributed by atoms with E-state index in [9.17, 15) is 10.2 Å². The van der Waals surface area contributed by atoms with Gasteiger partial charge in [0.25, 0.3) is 0 Å². The van der Waals surface area contributed by atoms with E-state index in [2.05, 4.69) is 15.9 Å². The van der Waals surface area contributed by atoms with Gasteiger partial charge in [0, 0.05) is 29.3 Å². The van der Waals surface area contributed by atoms with E-state index >= 15 is 0 Å². The van der Waals surface area contributed by atoms with E-state index in [0.29, 0.717) is 6.54 Å². The van der Waals surface area contributed by atoms with Gasteiger partial charge in [0.1, 0.15) is 0 Å². The normalized spacial score (nSPS) is 12.6. The lowest BCUT2D eigenvalue weighted by atomic mass is 10.1. The van der Waals surface area contributed by atoms with Gasteiger partial charge in [0.2, 0.25) is 0 Å². The first-order valence-corrected chi connectivity index (χ1v) is 5.62. The molecule has 4 heteroatoms. The summed E-state index contributed by atoms with van der Waals surface area (Å²) in [6, 6.07) is 5.74. The predicted molar refractivity (Wildman–Crippen MR) is 65.0 cm³/mol. The van der Waals surface area contributed by atoms with Crippen LogP contribution in [0.2, 0.25) is 0 Å². The van der Waals surface area contributed by atoms with Crippen LogP contribution in [-0.2, 0) is 6.61 Å². The standard InChI is InChI=1S/C11H16BrNO2/c1-8(15)6-13(2)11-4-3-10(12)5-9(11)7-14/h3-5,8,14-15H,6-7H2,1-2H3. The molecule has 0 radical (unpaired) electrons. The third-order valence-electron chi connectivity index (χ3n) is 2.16. The lowest BCUT2D eigenvalue weighted by Crippen LogP contribution is -2.27. The molecule has 0 heterocycles. The Labute approximate surface area is 98.5 Å². The first-order chi connectivity index (χ1) is 7.04. The number of halogens is 1. The molecule has 0 aliphatic heterocycles. The molecule has 0 aliphatic carbocycles. The van der Waals surface area contributed by atoms with E-state index in [1.807, 2.05) is 30.1 Å². The lowest BCUT2D eigenvalue weighted by Gasteiger charge is -2.23. The second-order valence-electron chi connectivity index (χ2n) is 3.66. The van der Waals surface area contributed by atoms with Crippen LogP contribution in [0.4, 0.5) is 5.69 Å². The number of hydrogen-bond acceptors (Lipinski definition) is 3. The Bertz CT molecular complexity index is 328. The van der Waals surface area contributed by atoms with Gasteiger partial charge in [-0.05, 0) is 25.1 Å². The highest BCUT2D eigenvalue weighted by molar-refractivity contribution is 9.10. The summed E-state index contributed by atoms with van der Waals surface area (Å²) in [5.41, 5.74) is 1.80. The lowest BCUT2D eigenvalue weighted by molar-refractivity contribution is 0.201. The van der Waals surface area contributed by atoms with E-state index < -0.39 is 0 Å². The van der Waals surface area contributed by atoms with Crippen molar-refractivity contribution in [3.05, 3.63) is 28.2 Å². The monoisotopic (exact) mass is 273 g/mol. The molecular formula is C11H16BrNO2. The molecule has 1 rings (SSSR count). The topological polar surface area (TPSA) is 43.7 Å². The highest BCUT2D eigenvalue weighted by atomic mass is 79.9. The maximum absolute atomic E-state index is 9.29. The molecule has 3 nitrogen and oxygen atoms in total. The fourth-order valence-electron chi connectivity index (χ4n) is 1.55. The van der Waals surface area contributed by atoms with Crippen LogP contribution in [0.1, 0.15) is 12.5 Å². The number of rotatable bonds is 4. The first kappa shape index (κ1) is 12.5. The number of likely N-dealkylation sites (N-methyl/N-ethyl adjacent to an activating group) is 1. The van der Waals surface area contributed by atoms with E-state index in [1.54, 1.807) is 6.92 Å². The average molecular weight is 274 g/mol. The Morgan fingerprint density at radius 2 is 2.13 bits per heavy atom.